The Balaban J connectivity index is 0.000000321. The number of fused-ring (bicyclic) bond motifs is 1. The third-order valence-electron chi connectivity index (χ3n) is 3.81. The lowest BCUT2D eigenvalue weighted by Crippen LogP contribution is -2.28. The fourth-order valence-corrected chi connectivity index (χ4v) is 2.40. The zero-order chi connectivity index (χ0) is 21.1. The Morgan fingerprint density at radius 1 is 1.07 bits per heavy atom. The molecule has 0 amide bonds. The number of ether oxygens (including phenoxy) is 1. The molecule has 0 spiro atoms. The average molecular weight is 397 g/mol. The van der Waals surface area contributed by atoms with E-state index in [-0.39, 0.29) is 6.04 Å². The van der Waals surface area contributed by atoms with E-state index in [9.17, 15) is 9.59 Å². The molecule has 2 aromatic heterocycles. The van der Waals surface area contributed by atoms with Crippen molar-refractivity contribution in [3.8, 4) is 5.88 Å². The van der Waals surface area contributed by atoms with E-state index in [0.29, 0.717) is 24.6 Å². The predicted octanol–water partition coefficient (Wildman–Crippen LogP) is 2.38. The van der Waals surface area contributed by atoms with Crippen molar-refractivity contribution in [3.05, 3.63) is 78.5 Å². The van der Waals surface area contributed by atoms with Gasteiger partial charge in [0.2, 0.25) is 5.88 Å². The first-order chi connectivity index (χ1) is 13.9. The quantitative estimate of drug-likeness (QED) is 0.498. The van der Waals surface area contributed by atoms with Crippen molar-refractivity contribution in [1.82, 2.24) is 9.61 Å². The van der Waals surface area contributed by atoms with Gasteiger partial charge in [0.05, 0.1) is 5.52 Å². The number of carbonyl (C=O) groups is 2. The molecular formula is C21H23N3O5. The number of pyridine rings is 1. The molecular weight excluding hydrogens is 374 g/mol. The van der Waals surface area contributed by atoms with Crippen LogP contribution in [0.3, 0.4) is 0 Å². The van der Waals surface area contributed by atoms with E-state index in [1.165, 1.54) is 5.56 Å². The minimum atomic E-state index is -1.26. The van der Waals surface area contributed by atoms with Gasteiger partial charge in [-0.25, -0.2) is 14.1 Å². The molecule has 0 saturated heterocycles. The zero-order valence-corrected chi connectivity index (χ0v) is 15.7. The summed E-state index contributed by atoms with van der Waals surface area (Å²) in [6.45, 7) is 0.483. The topological polar surface area (TPSA) is 127 Å². The first-order valence-electron chi connectivity index (χ1n) is 8.94. The van der Waals surface area contributed by atoms with Crippen LogP contribution in [0.2, 0.25) is 0 Å². The van der Waals surface area contributed by atoms with Gasteiger partial charge in [-0.05, 0) is 30.5 Å². The van der Waals surface area contributed by atoms with Gasteiger partial charge in [0, 0.05) is 30.5 Å². The summed E-state index contributed by atoms with van der Waals surface area (Å²) in [5.41, 5.74) is 8.43. The van der Waals surface area contributed by atoms with Gasteiger partial charge in [-0.1, -0.05) is 36.4 Å². The molecule has 29 heavy (non-hydrogen) atoms. The first-order valence-corrected chi connectivity index (χ1v) is 8.94. The van der Waals surface area contributed by atoms with E-state index < -0.39 is 11.9 Å². The number of nitrogens with two attached hydrogens (primary N) is 1. The summed E-state index contributed by atoms with van der Waals surface area (Å²) in [7, 11) is 0. The van der Waals surface area contributed by atoms with Crippen LogP contribution in [-0.2, 0) is 16.0 Å². The molecule has 1 aromatic carbocycles. The van der Waals surface area contributed by atoms with Gasteiger partial charge in [0.25, 0.3) is 0 Å². The lowest BCUT2D eigenvalue weighted by Gasteiger charge is -2.11. The molecule has 0 aliphatic carbocycles. The van der Waals surface area contributed by atoms with Crippen molar-refractivity contribution >= 4 is 17.5 Å². The maximum atomic E-state index is 9.55. The molecule has 0 aliphatic heterocycles. The molecule has 1 unspecified atom stereocenters. The molecule has 0 saturated carbocycles. The molecule has 4 N–H and O–H groups in total. The third kappa shape index (κ3) is 8.27. The van der Waals surface area contributed by atoms with E-state index in [4.69, 9.17) is 20.7 Å². The van der Waals surface area contributed by atoms with Gasteiger partial charge in [-0.15, -0.1) is 5.10 Å². The van der Waals surface area contributed by atoms with E-state index in [0.717, 1.165) is 18.4 Å². The third-order valence-corrected chi connectivity index (χ3v) is 3.81. The van der Waals surface area contributed by atoms with Crippen LogP contribution in [0, 0.1) is 0 Å². The highest BCUT2D eigenvalue weighted by Gasteiger charge is 2.07. The number of nitrogens with zero attached hydrogens (tertiary/aromatic N) is 2. The smallest absolute Gasteiger partial charge is 0.328 e. The van der Waals surface area contributed by atoms with E-state index in [1.807, 2.05) is 48.7 Å². The fourth-order valence-electron chi connectivity index (χ4n) is 2.40. The number of aliphatic carboxylic acids is 2. The highest BCUT2D eigenvalue weighted by atomic mass is 16.5. The lowest BCUT2D eigenvalue weighted by molar-refractivity contribution is -0.134. The Morgan fingerprint density at radius 3 is 2.34 bits per heavy atom. The summed E-state index contributed by atoms with van der Waals surface area (Å²) >= 11 is 0. The summed E-state index contributed by atoms with van der Waals surface area (Å²) < 4.78 is 7.48. The van der Waals surface area contributed by atoms with E-state index in [2.05, 4.69) is 17.2 Å². The second-order valence-corrected chi connectivity index (χ2v) is 6.16. The van der Waals surface area contributed by atoms with Crippen LogP contribution in [0.5, 0.6) is 5.88 Å². The van der Waals surface area contributed by atoms with Crippen LogP contribution in [0.1, 0.15) is 12.0 Å². The van der Waals surface area contributed by atoms with Crippen molar-refractivity contribution in [2.75, 3.05) is 6.61 Å². The first kappa shape index (κ1) is 21.6. The molecule has 152 valence electrons. The number of carboxylic acid groups (broad SMARTS) is 2. The molecule has 3 aromatic rings. The minimum absolute atomic E-state index is 0.00928. The van der Waals surface area contributed by atoms with Crippen LogP contribution in [0.15, 0.2) is 72.9 Å². The van der Waals surface area contributed by atoms with Gasteiger partial charge in [-0.2, -0.15) is 0 Å². The largest absolute Gasteiger partial charge is 0.478 e. The van der Waals surface area contributed by atoms with Gasteiger partial charge in [0.15, 0.2) is 0 Å². The number of hydrogen-bond donors (Lipinski definition) is 3. The van der Waals surface area contributed by atoms with Crippen molar-refractivity contribution in [1.29, 1.82) is 0 Å². The van der Waals surface area contributed by atoms with Gasteiger partial charge >= 0.3 is 11.9 Å². The average Bonchev–Trinajstić information content (AvgIpc) is 3.13. The standard InChI is InChI=1S/C17H19N3O.C4H4O4/c18-15(10-9-14-6-2-1-3-7-14)13-21-17-12-16-8-4-5-11-20(16)19-17;5-3(6)1-2-4(7)8/h1-8,11-12,15H,9-10,13,18H2;1-2H,(H,5,6)(H,7,8). The second-order valence-electron chi connectivity index (χ2n) is 6.16. The second kappa shape index (κ2) is 11.3. The van der Waals surface area contributed by atoms with Gasteiger partial charge < -0.3 is 20.7 Å². The molecule has 8 nitrogen and oxygen atoms in total. The number of rotatable bonds is 8. The van der Waals surface area contributed by atoms with Crippen LogP contribution in [0.4, 0.5) is 0 Å². The number of hydrogen-bond acceptors (Lipinski definition) is 5. The minimum Gasteiger partial charge on any atom is -0.478 e. The Kier molecular flexibility index (Phi) is 8.40. The van der Waals surface area contributed by atoms with Crippen molar-refractivity contribution in [3.63, 3.8) is 0 Å². The molecule has 0 bridgehead atoms. The Morgan fingerprint density at radius 2 is 1.72 bits per heavy atom. The summed E-state index contributed by atoms with van der Waals surface area (Å²) in [6, 6.07) is 18.2. The summed E-state index contributed by atoms with van der Waals surface area (Å²) in [6.07, 6.45) is 4.89. The maximum Gasteiger partial charge on any atom is 0.328 e. The zero-order valence-electron chi connectivity index (χ0n) is 15.7. The van der Waals surface area contributed by atoms with Crippen LogP contribution < -0.4 is 10.5 Å². The van der Waals surface area contributed by atoms with Crippen LogP contribution >= 0.6 is 0 Å². The lowest BCUT2D eigenvalue weighted by atomic mass is 10.1. The Labute approximate surface area is 167 Å². The van der Waals surface area contributed by atoms with Crippen LogP contribution in [-0.4, -0.2) is 44.4 Å². The molecule has 3 rings (SSSR count). The number of benzene rings is 1. The monoisotopic (exact) mass is 397 g/mol. The molecule has 0 radical (unpaired) electrons. The predicted molar refractivity (Wildman–Crippen MR) is 108 cm³/mol. The van der Waals surface area contributed by atoms with Crippen molar-refractivity contribution in [2.45, 2.75) is 18.9 Å². The molecule has 8 heteroatoms. The van der Waals surface area contributed by atoms with E-state index >= 15 is 0 Å². The van der Waals surface area contributed by atoms with E-state index in [1.54, 1.807) is 4.52 Å². The fraction of sp³-hybridized carbons (Fsp3) is 0.190. The number of carboxylic acids is 2. The highest BCUT2D eigenvalue weighted by molar-refractivity contribution is 5.89. The molecule has 0 aliphatic rings. The van der Waals surface area contributed by atoms with Gasteiger partial charge in [-0.3, -0.25) is 0 Å². The normalized spacial score (nSPS) is 11.6. The Bertz CT molecular complexity index is 904. The SMILES string of the molecule is NC(CCc1ccccc1)COc1cc2ccccn2n1.O=C(O)C=CC(=O)O. The van der Waals surface area contributed by atoms with Gasteiger partial charge in [0.1, 0.15) is 6.61 Å². The highest BCUT2D eigenvalue weighted by Crippen LogP contribution is 2.13. The summed E-state index contributed by atoms with van der Waals surface area (Å²) in [5, 5.41) is 20.0. The Hall–Kier alpha value is -3.65. The molecule has 0 fully saturated rings. The van der Waals surface area contributed by atoms with Crippen molar-refractivity contribution < 1.29 is 24.5 Å². The molecule has 1 atom stereocenters. The molecule has 2 heterocycles. The maximum absolute atomic E-state index is 9.55. The van der Waals surface area contributed by atoms with Crippen molar-refractivity contribution in [2.24, 2.45) is 5.73 Å². The summed E-state index contributed by atoms with van der Waals surface area (Å²) in [4.78, 5) is 19.1. The number of aryl methyl sites for hydroxylation is 1. The number of aromatic nitrogens is 2. The summed E-state index contributed by atoms with van der Waals surface area (Å²) in [5.74, 6) is -1.89. The van der Waals surface area contributed by atoms with Crippen LogP contribution in [0.25, 0.3) is 5.52 Å².